The number of hydrogen-bond donors (Lipinski definition) is 1. The van der Waals surface area contributed by atoms with Crippen molar-refractivity contribution < 1.29 is 4.74 Å². The summed E-state index contributed by atoms with van der Waals surface area (Å²) in [5.41, 5.74) is 1.44. The molecule has 0 aromatic heterocycles. The van der Waals surface area contributed by atoms with Crippen LogP contribution in [0.4, 0.5) is 0 Å². The van der Waals surface area contributed by atoms with Gasteiger partial charge in [0.2, 0.25) is 0 Å². The quantitative estimate of drug-likeness (QED) is 0.826. The summed E-state index contributed by atoms with van der Waals surface area (Å²) in [4.78, 5) is 2.63. The van der Waals surface area contributed by atoms with Crippen molar-refractivity contribution >= 4 is 0 Å². The Labute approximate surface area is 122 Å². The van der Waals surface area contributed by atoms with Crippen LogP contribution in [0.5, 0.6) is 0 Å². The Balaban J connectivity index is 1.65. The van der Waals surface area contributed by atoms with E-state index in [1.165, 1.54) is 37.9 Å². The van der Waals surface area contributed by atoms with Gasteiger partial charge in [0.1, 0.15) is 0 Å². The minimum Gasteiger partial charge on any atom is -0.384 e. The summed E-state index contributed by atoms with van der Waals surface area (Å²) in [6.07, 6.45) is 3.97. The average molecular weight is 274 g/mol. The summed E-state index contributed by atoms with van der Waals surface area (Å²) in [7, 11) is 1.81. The van der Waals surface area contributed by atoms with Crippen LogP contribution in [-0.4, -0.2) is 44.3 Å². The summed E-state index contributed by atoms with van der Waals surface area (Å²) >= 11 is 0. The molecule has 1 N–H and O–H groups in total. The zero-order chi connectivity index (χ0) is 13.8. The Morgan fingerprint density at radius 2 is 2.05 bits per heavy atom. The van der Waals surface area contributed by atoms with Crippen molar-refractivity contribution in [3.8, 4) is 0 Å². The molecule has 2 aliphatic rings. The SMILES string of the molecule is COCC1CCN(C(CNC2CC2)c2ccccc2)C1. The van der Waals surface area contributed by atoms with Gasteiger partial charge < -0.3 is 10.1 Å². The fourth-order valence-electron chi connectivity index (χ4n) is 3.22. The molecule has 3 rings (SSSR count). The molecule has 1 saturated carbocycles. The van der Waals surface area contributed by atoms with Gasteiger partial charge >= 0.3 is 0 Å². The van der Waals surface area contributed by atoms with E-state index in [0.29, 0.717) is 12.0 Å². The molecule has 1 aromatic carbocycles. The molecule has 3 heteroatoms. The Hall–Kier alpha value is -0.900. The summed E-state index contributed by atoms with van der Waals surface area (Å²) in [5.74, 6) is 0.701. The van der Waals surface area contributed by atoms with E-state index in [1.807, 2.05) is 7.11 Å². The van der Waals surface area contributed by atoms with Crippen molar-refractivity contribution in [2.75, 3.05) is 33.4 Å². The van der Waals surface area contributed by atoms with Crippen LogP contribution in [0.15, 0.2) is 30.3 Å². The van der Waals surface area contributed by atoms with Gasteiger partial charge in [-0.15, -0.1) is 0 Å². The van der Waals surface area contributed by atoms with Gasteiger partial charge in [0.15, 0.2) is 0 Å². The van der Waals surface area contributed by atoms with Crippen LogP contribution in [0.25, 0.3) is 0 Å². The van der Waals surface area contributed by atoms with Crippen molar-refractivity contribution in [1.29, 1.82) is 0 Å². The zero-order valence-electron chi connectivity index (χ0n) is 12.4. The lowest BCUT2D eigenvalue weighted by Gasteiger charge is -2.29. The van der Waals surface area contributed by atoms with Crippen LogP contribution in [0, 0.1) is 5.92 Å². The van der Waals surface area contributed by atoms with Gasteiger partial charge in [-0.1, -0.05) is 30.3 Å². The molecular weight excluding hydrogens is 248 g/mol. The largest absolute Gasteiger partial charge is 0.384 e. The highest BCUT2D eigenvalue weighted by Gasteiger charge is 2.30. The number of methoxy groups -OCH3 is 1. The number of likely N-dealkylation sites (tertiary alicyclic amines) is 1. The molecule has 2 fully saturated rings. The number of rotatable bonds is 7. The minimum absolute atomic E-state index is 0.513. The van der Waals surface area contributed by atoms with Gasteiger partial charge in [-0.25, -0.2) is 0 Å². The fourth-order valence-corrected chi connectivity index (χ4v) is 3.22. The molecule has 0 bridgehead atoms. The Morgan fingerprint density at radius 3 is 2.75 bits per heavy atom. The summed E-state index contributed by atoms with van der Waals surface area (Å²) in [5, 5.41) is 3.71. The average Bonchev–Trinajstić information content (AvgIpc) is 3.20. The zero-order valence-corrected chi connectivity index (χ0v) is 12.4. The second kappa shape index (κ2) is 6.70. The molecule has 0 radical (unpaired) electrons. The maximum atomic E-state index is 5.33. The smallest absolute Gasteiger partial charge is 0.0503 e. The normalized spacial score (nSPS) is 24.9. The lowest BCUT2D eigenvalue weighted by molar-refractivity contribution is 0.146. The highest BCUT2D eigenvalue weighted by atomic mass is 16.5. The third-order valence-corrected chi connectivity index (χ3v) is 4.52. The number of ether oxygens (including phenoxy) is 1. The molecule has 110 valence electrons. The molecule has 1 aromatic rings. The molecule has 1 heterocycles. The maximum Gasteiger partial charge on any atom is 0.0503 e. The standard InChI is InChI=1S/C17H26N2O/c1-20-13-14-9-10-19(12-14)17(11-18-16-7-8-16)15-5-3-2-4-6-15/h2-6,14,16-18H,7-13H2,1H3. The maximum absolute atomic E-state index is 5.33. The van der Waals surface area contributed by atoms with E-state index in [9.17, 15) is 0 Å². The van der Waals surface area contributed by atoms with E-state index in [0.717, 1.165) is 19.2 Å². The Morgan fingerprint density at radius 1 is 1.25 bits per heavy atom. The minimum atomic E-state index is 0.513. The van der Waals surface area contributed by atoms with Gasteiger partial charge in [0.25, 0.3) is 0 Å². The molecule has 2 atom stereocenters. The third kappa shape index (κ3) is 3.60. The first-order chi connectivity index (χ1) is 9.86. The number of hydrogen-bond acceptors (Lipinski definition) is 3. The molecule has 3 nitrogen and oxygen atoms in total. The summed E-state index contributed by atoms with van der Waals surface area (Å²) in [6, 6.07) is 12.2. The molecule has 2 unspecified atom stereocenters. The molecule has 1 aliphatic carbocycles. The molecule has 0 amide bonds. The first kappa shape index (κ1) is 14.1. The van der Waals surface area contributed by atoms with Gasteiger partial charge in [-0.3, -0.25) is 4.90 Å². The monoisotopic (exact) mass is 274 g/mol. The van der Waals surface area contributed by atoms with Crippen LogP contribution in [0.1, 0.15) is 30.9 Å². The van der Waals surface area contributed by atoms with Crippen molar-refractivity contribution in [2.24, 2.45) is 5.92 Å². The summed E-state index contributed by atoms with van der Waals surface area (Å²) in [6.45, 7) is 4.34. The lowest BCUT2D eigenvalue weighted by Crippen LogP contribution is -2.35. The van der Waals surface area contributed by atoms with Gasteiger partial charge in [-0.05, 0) is 37.3 Å². The predicted octanol–water partition coefficient (Wildman–Crippen LogP) is 2.45. The van der Waals surface area contributed by atoms with Crippen LogP contribution in [-0.2, 0) is 4.74 Å². The lowest BCUT2D eigenvalue weighted by atomic mass is 10.1. The van der Waals surface area contributed by atoms with Crippen molar-refractivity contribution in [3.63, 3.8) is 0 Å². The third-order valence-electron chi connectivity index (χ3n) is 4.52. The van der Waals surface area contributed by atoms with Gasteiger partial charge in [-0.2, -0.15) is 0 Å². The van der Waals surface area contributed by atoms with Crippen molar-refractivity contribution in [2.45, 2.75) is 31.3 Å². The van der Waals surface area contributed by atoms with Gasteiger partial charge in [0.05, 0.1) is 6.61 Å². The second-order valence-corrected chi connectivity index (χ2v) is 6.21. The summed E-state index contributed by atoms with van der Waals surface area (Å²) < 4.78 is 5.33. The van der Waals surface area contributed by atoms with E-state index < -0.39 is 0 Å². The second-order valence-electron chi connectivity index (χ2n) is 6.21. The molecule has 20 heavy (non-hydrogen) atoms. The van der Waals surface area contributed by atoms with Gasteiger partial charge in [0, 0.05) is 32.3 Å². The Bertz CT molecular complexity index is 405. The van der Waals surface area contributed by atoms with Crippen LogP contribution >= 0.6 is 0 Å². The van der Waals surface area contributed by atoms with E-state index in [4.69, 9.17) is 4.74 Å². The molecular formula is C17H26N2O. The first-order valence-corrected chi connectivity index (χ1v) is 7.88. The van der Waals surface area contributed by atoms with Crippen molar-refractivity contribution in [3.05, 3.63) is 35.9 Å². The highest BCUT2D eigenvalue weighted by molar-refractivity contribution is 5.20. The molecule has 0 spiro atoms. The Kier molecular flexibility index (Phi) is 4.71. The molecule has 1 aliphatic heterocycles. The van der Waals surface area contributed by atoms with Crippen LogP contribution in [0.2, 0.25) is 0 Å². The first-order valence-electron chi connectivity index (χ1n) is 7.88. The van der Waals surface area contributed by atoms with Crippen molar-refractivity contribution in [1.82, 2.24) is 10.2 Å². The topological polar surface area (TPSA) is 24.5 Å². The predicted molar refractivity (Wildman–Crippen MR) is 81.8 cm³/mol. The van der Waals surface area contributed by atoms with E-state index in [2.05, 4.69) is 40.5 Å². The van der Waals surface area contributed by atoms with Crippen LogP contribution in [0.3, 0.4) is 0 Å². The fraction of sp³-hybridized carbons (Fsp3) is 0.647. The van der Waals surface area contributed by atoms with E-state index in [1.54, 1.807) is 0 Å². The number of nitrogens with zero attached hydrogens (tertiary/aromatic N) is 1. The van der Waals surface area contributed by atoms with E-state index >= 15 is 0 Å². The van der Waals surface area contributed by atoms with E-state index in [-0.39, 0.29) is 0 Å². The highest BCUT2D eigenvalue weighted by Crippen LogP contribution is 2.28. The molecule has 1 saturated heterocycles. The number of nitrogens with one attached hydrogen (secondary N) is 1. The van der Waals surface area contributed by atoms with Crippen LogP contribution < -0.4 is 5.32 Å². The number of benzene rings is 1.